The minimum Gasteiger partial charge on any atom is -0.354 e. The van der Waals surface area contributed by atoms with E-state index in [4.69, 9.17) is 0 Å². The van der Waals surface area contributed by atoms with Crippen molar-refractivity contribution in [3.63, 3.8) is 0 Å². The molecule has 4 bridgehead atoms. The number of benzene rings is 3. The molecule has 188 valence electrons. The van der Waals surface area contributed by atoms with Crippen molar-refractivity contribution in [1.82, 2.24) is 15.5 Å². The molecule has 1 saturated carbocycles. The molecule has 4 heteroatoms. The van der Waals surface area contributed by atoms with E-state index in [9.17, 15) is 4.79 Å². The Kier molecular flexibility index (Phi) is 6.35. The highest BCUT2D eigenvalue weighted by molar-refractivity contribution is 5.89. The molecule has 3 aliphatic heterocycles. The summed E-state index contributed by atoms with van der Waals surface area (Å²) in [6.07, 6.45) is 3.07. The molecule has 0 unspecified atom stereocenters. The van der Waals surface area contributed by atoms with Crippen LogP contribution in [0.25, 0.3) is 10.8 Å². The Hall–Kier alpha value is -2.69. The van der Waals surface area contributed by atoms with Crippen LogP contribution >= 0.6 is 0 Å². The highest BCUT2D eigenvalue weighted by Gasteiger charge is 2.67. The van der Waals surface area contributed by atoms with Crippen molar-refractivity contribution in [2.24, 2.45) is 23.7 Å². The van der Waals surface area contributed by atoms with Crippen LogP contribution in [-0.2, 0) is 17.6 Å². The Balaban J connectivity index is 1.24. The summed E-state index contributed by atoms with van der Waals surface area (Å²) in [5.41, 5.74) is 2.23. The number of hydrogen-bond donors (Lipinski definition) is 2. The summed E-state index contributed by atoms with van der Waals surface area (Å²) in [6, 6.07) is 26.2. The van der Waals surface area contributed by atoms with Gasteiger partial charge in [0, 0.05) is 31.6 Å². The fourth-order valence-corrected chi connectivity index (χ4v) is 7.71. The molecule has 1 amide bonds. The SMILES string of the molecule is CC(C)CN1C[C@@H]2C[C@H]3CN[C@]2(C(=O)NCCc2cccc4ccccc24)[C@@H]1[C@@H]3Cc1ccccc1. The fraction of sp³-hybridized carbons (Fsp3) is 0.469. The number of likely N-dealkylation sites (tertiary alicyclic amines) is 1. The Bertz CT molecular complexity index is 1220. The second-order valence-corrected chi connectivity index (χ2v) is 11.7. The summed E-state index contributed by atoms with van der Waals surface area (Å²) in [4.78, 5) is 16.8. The first-order valence-electron chi connectivity index (χ1n) is 13.8. The average Bonchev–Trinajstić information content (AvgIpc) is 3.14. The molecule has 0 radical (unpaired) electrons. The normalized spacial score (nSPS) is 29.2. The lowest BCUT2D eigenvalue weighted by molar-refractivity contribution is -0.138. The summed E-state index contributed by atoms with van der Waals surface area (Å²) < 4.78 is 0. The molecule has 4 fully saturated rings. The van der Waals surface area contributed by atoms with E-state index in [1.807, 2.05) is 0 Å². The van der Waals surface area contributed by atoms with Crippen LogP contribution in [0.3, 0.4) is 0 Å². The van der Waals surface area contributed by atoms with Crippen molar-refractivity contribution in [2.45, 2.75) is 44.7 Å². The van der Waals surface area contributed by atoms with Crippen molar-refractivity contribution in [2.75, 3.05) is 26.2 Å². The van der Waals surface area contributed by atoms with Crippen LogP contribution in [0.15, 0.2) is 72.8 Å². The van der Waals surface area contributed by atoms with Crippen LogP contribution in [0.1, 0.15) is 31.4 Å². The van der Waals surface area contributed by atoms with Gasteiger partial charge in [-0.2, -0.15) is 0 Å². The second-order valence-electron chi connectivity index (χ2n) is 11.7. The van der Waals surface area contributed by atoms with Crippen molar-refractivity contribution >= 4 is 16.7 Å². The smallest absolute Gasteiger partial charge is 0.242 e. The number of nitrogens with one attached hydrogen (secondary N) is 2. The fourth-order valence-electron chi connectivity index (χ4n) is 7.71. The molecule has 4 nitrogen and oxygen atoms in total. The van der Waals surface area contributed by atoms with Crippen LogP contribution in [0, 0.1) is 23.7 Å². The number of nitrogens with zero attached hydrogens (tertiary/aromatic N) is 1. The van der Waals surface area contributed by atoms with Gasteiger partial charge in [0.15, 0.2) is 0 Å². The second kappa shape index (κ2) is 9.64. The van der Waals surface area contributed by atoms with Gasteiger partial charge in [-0.1, -0.05) is 86.6 Å². The van der Waals surface area contributed by atoms with Gasteiger partial charge in [0.25, 0.3) is 0 Å². The predicted molar refractivity (Wildman–Crippen MR) is 147 cm³/mol. The maximum atomic E-state index is 14.1. The van der Waals surface area contributed by atoms with E-state index in [1.165, 1.54) is 21.9 Å². The predicted octanol–water partition coefficient (Wildman–Crippen LogP) is 4.68. The number of piperidine rings is 2. The average molecular weight is 482 g/mol. The molecule has 3 aromatic carbocycles. The summed E-state index contributed by atoms with van der Waals surface area (Å²) in [6.45, 7) is 8.33. The molecule has 0 spiro atoms. The van der Waals surface area contributed by atoms with Crippen molar-refractivity contribution in [3.8, 4) is 0 Å². The molecule has 1 aliphatic carbocycles. The summed E-state index contributed by atoms with van der Waals surface area (Å²) >= 11 is 0. The zero-order chi connectivity index (χ0) is 24.7. The molecule has 2 N–H and O–H groups in total. The van der Waals surface area contributed by atoms with Gasteiger partial charge in [0.05, 0.1) is 0 Å². The lowest BCUT2D eigenvalue weighted by Gasteiger charge is -2.56. The summed E-state index contributed by atoms with van der Waals surface area (Å²) in [5.74, 6) is 2.36. The number of rotatable bonds is 8. The highest BCUT2D eigenvalue weighted by atomic mass is 16.2. The number of carbonyl (C=O) groups excluding carboxylic acids is 1. The third-order valence-electron chi connectivity index (χ3n) is 9.06. The molecule has 3 heterocycles. The van der Waals surface area contributed by atoms with Gasteiger partial charge in [-0.25, -0.2) is 0 Å². The first kappa shape index (κ1) is 23.7. The first-order chi connectivity index (χ1) is 17.6. The number of amides is 1. The van der Waals surface area contributed by atoms with E-state index >= 15 is 0 Å². The molecule has 36 heavy (non-hydrogen) atoms. The molecular formula is C32H39N3O. The van der Waals surface area contributed by atoms with Crippen molar-refractivity contribution in [1.29, 1.82) is 0 Å². The van der Waals surface area contributed by atoms with Crippen molar-refractivity contribution < 1.29 is 4.79 Å². The molecule has 4 aliphatic rings. The third-order valence-corrected chi connectivity index (χ3v) is 9.06. The minimum atomic E-state index is -0.470. The molecular weight excluding hydrogens is 442 g/mol. The monoisotopic (exact) mass is 481 g/mol. The van der Waals surface area contributed by atoms with E-state index in [0.29, 0.717) is 30.2 Å². The van der Waals surface area contributed by atoms with E-state index in [0.717, 1.165) is 38.9 Å². The maximum Gasteiger partial charge on any atom is 0.242 e. The van der Waals surface area contributed by atoms with Crippen molar-refractivity contribution in [3.05, 3.63) is 83.9 Å². The lowest BCUT2D eigenvalue weighted by Crippen LogP contribution is -2.76. The Morgan fingerprint density at radius 2 is 1.83 bits per heavy atom. The number of carbonyl (C=O) groups is 1. The highest BCUT2D eigenvalue weighted by Crippen LogP contribution is 2.53. The standard InChI is InChI=1S/C32H39N3O/c1-22(2)20-35-21-27-18-26-19-34-32(27,30(35)29(26)17-23-9-4-3-5-10-23)31(36)33-16-15-25-13-8-12-24-11-6-7-14-28(24)25/h3-14,22,26-27,29-30,34H,15-21H2,1-2H3,(H,33,36)/t26-,27-,29+,30-,32-/m0/s1. The van der Waals surface area contributed by atoms with Gasteiger partial charge in [-0.05, 0) is 65.5 Å². The van der Waals surface area contributed by atoms with E-state index in [1.54, 1.807) is 0 Å². The Labute approximate surface area is 215 Å². The summed E-state index contributed by atoms with van der Waals surface area (Å²) in [5, 5.41) is 9.80. The van der Waals surface area contributed by atoms with Gasteiger partial charge >= 0.3 is 0 Å². The first-order valence-corrected chi connectivity index (χ1v) is 13.8. The topological polar surface area (TPSA) is 44.4 Å². The van der Waals surface area contributed by atoms with Gasteiger partial charge in [-0.15, -0.1) is 0 Å². The van der Waals surface area contributed by atoms with Gasteiger partial charge < -0.3 is 10.6 Å². The number of hydrogen-bond acceptors (Lipinski definition) is 3. The zero-order valence-electron chi connectivity index (χ0n) is 21.6. The molecule has 0 aromatic heterocycles. The van der Waals surface area contributed by atoms with Crippen LogP contribution < -0.4 is 10.6 Å². The van der Waals surface area contributed by atoms with Gasteiger partial charge in [-0.3, -0.25) is 9.69 Å². The molecule has 7 rings (SSSR count). The quantitative estimate of drug-likeness (QED) is 0.491. The van der Waals surface area contributed by atoms with Crippen LogP contribution in [0.5, 0.6) is 0 Å². The van der Waals surface area contributed by atoms with Gasteiger partial charge in [0.2, 0.25) is 5.91 Å². The Morgan fingerprint density at radius 1 is 1.06 bits per heavy atom. The van der Waals surface area contributed by atoms with Crippen LogP contribution in [-0.4, -0.2) is 48.6 Å². The third kappa shape index (κ3) is 4.05. The maximum absolute atomic E-state index is 14.1. The number of fused-ring (bicyclic) bond motifs is 2. The Morgan fingerprint density at radius 3 is 2.67 bits per heavy atom. The molecule has 3 aromatic rings. The van der Waals surface area contributed by atoms with Gasteiger partial charge in [0.1, 0.15) is 5.54 Å². The molecule has 5 atom stereocenters. The van der Waals surface area contributed by atoms with Crippen LogP contribution in [0.2, 0.25) is 0 Å². The van der Waals surface area contributed by atoms with Crippen LogP contribution in [0.4, 0.5) is 0 Å². The van der Waals surface area contributed by atoms with E-state index in [2.05, 4.69) is 102 Å². The largest absolute Gasteiger partial charge is 0.354 e. The lowest BCUT2D eigenvalue weighted by atomic mass is 9.58. The summed E-state index contributed by atoms with van der Waals surface area (Å²) in [7, 11) is 0. The zero-order valence-corrected chi connectivity index (χ0v) is 21.6. The van der Waals surface area contributed by atoms with E-state index < -0.39 is 5.54 Å². The minimum absolute atomic E-state index is 0.222. The van der Waals surface area contributed by atoms with E-state index in [-0.39, 0.29) is 11.9 Å². The molecule has 3 saturated heterocycles.